The van der Waals surface area contributed by atoms with Gasteiger partial charge in [-0.3, -0.25) is 9.56 Å². The molecule has 0 amide bonds. The molecule has 2 heterocycles. The number of hydrogen-bond donors (Lipinski definition) is 1. The molecule has 1 N–H and O–H groups in total. The third kappa shape index (κ3) is 1.87. The van der Waals surface area contributed by atoms with Crippen LogP contribution in [0, 0.1) is 6.92 Å². The van der Waals surface area contributed by atoms with Crippen molar-refractivity contribution in [3.8, 4) is 0 Å². The summed E-state index contributed by atoms with van der Waals surface area (Å²) in [6, 6.07) is 6.02. The fraction of sp³-hybridized carbons (Fsp3) is 0.286. The molecular formula is C14H15N3O2. The van der Waals surface area contributed by atoms with Crippen molar-refractivity contribution in [2.45, 2.75) is 6.92 Å². The van der Waals surface area contributed by atoms with E-state index in [9.17, 15) is 4.79 Å². The average molecular weight is 257 g/mol. The molecule has 0 unspecified atom stereocenters. The molecule has 0 spiro atoms. The summed E-state index contributed by atoms with van der Waals surface area (Å²) < 4.78 is 6.76. The molecule has 0 aliphatic carbocycles. The molecule has 98 valence electrons. The fourth-order valence-electron chi connectivity index (χ4n) is 2.34. The van der Waals surface area contributed by atoms with Crippen molar-refractivity contribution in [3.63, 3.8) is 0 Å². The first-order valence-electron chi connectivity index (χ1n) is 6.19. The predicted octanol–water partition coefficient (Wildman–Crippen LogP) is 1.54. The zero-order valence-corrected chi connectivity index (χ0v) is 10.9. The molecule has 1 aliphatic heterocycles. The molecule has 0 saturated carbocycles. The molecule has 2 aromatic rings. The second kappa shape index (κ2) is 4.42. The van der Waals surface area contributed by atoms with Gasteiger partial charge in [-0.15, -0.1) is 0 Å². The number of nitrogens with zero attached hydrogens (tertiary/aromatic N) is 2. The van der Waals surface area contributed by atoms with Gasteiger partial charge in [0.2, 0.25) is 5.96 Å². The van der Waals surface area contributed by atoms with Crippen LogP contribution in [0.5, 0.6) is 0 Å². The first kappa shape index (κ1) is 11.8. The molecule has 1 aromatic heterocycles. The van der Waals surface area contributed by atoms with Crippen LogP contribution in [0.1, 0.15) is 15.9 Å². The summed E-state index contributed by atoms with van der Waals surface area (Å²) in [6.07, 6.45) is 1.78. The molecule has 0 fully saturated rings. The van der Waals surface area contributed by atoms with Gasteiger partial charge < -0.3 is 10.1 Å². The minimum absolute atomic E-state index is 0.326. The van der Waals surface area contributed by atoms with Gasteiger partial charge in [0.15, 0.2) is 0 Å². The van der Waals surface area contributed by atoms with Crippen molar-refractivity contribution in [3.05, 3.63) is 35.5 Å². The highest BCUT2D eigenvalue weighted by Crippen LogP contribution is 2.23. The standard InChI is InChI=1S/C14H15N3O2/c1-9-3-4-12-10(7-9)11(13(18)19-2)8-17(12)14-15-5-6-16-14/h3-4,7-8H,5-6H2,1-2H3,(H,15,16). The summed E-state index contributed by atoms with van der Waals surface area (Å²) in [6.45, 7) is 3.59. The van der Waals surface area contributed by atoms with E-state index in [0.717, 1.165) is 35.5 Å². The van der Waals surface area contributed by atoms with Crippen molar-refractivity contribution in [2.24, 2.45) is 4.99 Å². The predicted molar refractivity (Wildman–Crippen MR) is 73.7 cm³/mol. The SMILES string of the molecule is COC(=O)c1cn(C2=NCCN2)c2ccc(C)cc12. The summed E-state index contributed by atoms with van der Waals surface area (Å²) in [5.41, 5.74) is 2.63. The molecule has 0 bridgehead atoms. The van der Waals surface area contributed by atoms with Gasteiger partial charge in [-0.05, 0) is 19.1 Å². The van der Waals surface area contributed by atoms with Crippen molar-refractivity contribution in [1.29, 1.82) is 0 Å². The Kier molecular flexibility index (Phi) is 2.74. The number of aliphatic imine (C=N–C) groups is 1. The summed E-state index contributed by atoms with van der Waals surface area (Å²) in [7, 11) is 1.40. The summed E-state index contributed by atoms with van der Waals surface area (Å²) >= 11 is 0. The monoisotopic (exact) mass is 257 g/mol. The molecule has 1 aromatic carbocycles. The van der Waals surface area contributed by atoms with Gasteiger partial charge in [0.25, 0.3) is 0 Å². The van der Waals surface area contributed by atoms with Gasteiger partial charge in [-0.2, -0.15) is 0 Å². The maximum absolute atomic E-state index is 11.9. The number of rotatable bonds is 1. The first-order chi connectivity index (χ1) is 9.20. The van der Waals surface area contributed by atoms with Gasteiger partial charge in [0, 0.05) is 18.1 Å². The minimum atomic E-state index is -0.326. The number of esters is 1. The number of fused-ring (bicyclic) bond motifs is 1. The highest BCUT2D eigenvalue weighted by molar-refractivity contribution is 6.08. The van der Waals surface area contributed by atoms with Gasteiger partial charge in [0.05, 0.1) is 24.7 Å². The van der Waals surface area contributed by atoms with Crippen LogP contribution < -0.4 is 5.32 Å². The zero-order valence-electron chi connectivity index (χ0n) is 10.9. The number of aromatic nitrogens is 1. The van der Waals surface area contributed by atoms with E-state index in [1.807, 2.05) is 29.7 Å². The van der Waals surface area contributed by atoms with Crippen molar-refractivity contribution < 1.29 is 9.53 Å². The minimum Gasteiger partial charge on any atom is -0.465 e. The van der Waals surface area contributed by atoms with Crippen LogP contribution in [0.15, 0.2) is 29.4 Å². The van der Waals surface area contributed by atoms with E-state index in [1.54, 1.807) is 6.20 Å². The van der Waals surface area contributed by atoms with E-state index in [0.29, 0.717) is 5.56 Å². The Morgan fingerprint density at radius 2 is 2.32 bits per heavy atom. The number of aryl methyl sites for hydroxylation is 1. The van der Waals surface area contributed by atoms with Crippen LogP contribution >= 0.6 is 0 Å². The van der Waals surface area contributed by atoms with Crippen LogP contribution in [0.25, 0.3) is 10.9 Å². The largest absolute Gasteiger partial charge is 0.465 e. The lowest BCUT2D eigenvalue weighted by molar-refractivity contribution is 0.0603. The molecule has 0 radical (unpaired) electrons. The smallest absolute Gasteiger partial charge is 0.340 e. The quantitative estimate of drug-likeness (QED) is 0.788. The van der Waals surface area contributed by atoms with Crippen LogP contribution in [0.4, 0.5) is 0 Å². The van der Waals surface area contributed by atoms with Crippen molar-refractivity contribution >= 4 is 22.8 Å². The second-order valence-corrected chi connectivity index (χ2v) is 4.56. The van der Waals surface area contributed by atoms with Gasteiger partial charge in [-0.25, -0.2) is 4.79 Å². The lowest BCUT2D eigenvalue weighted by Crippen LogP contribution is -2.25. The lowest BCUT2D eigenvalue weighted by atomic mass is 10.1. The van der Waals surface area contributed by atoms with Crippen molar-refractivity contribution in [1.82, 2.24) is 9.88 Å². The Morgan fingerprint density at radius 1 is 1.47 bits per heavy atom. The molecule has 1 aliphatic rings. The van der Waals surface area contributed by atoms with E-state index in [-0.39, 0.29) is 5.97 Å². The van der Waals surface area contributed by atoms with E-state index < -0.39 is 0 Å². The lowest BCUT2D eigenvalue weighted by Gasteiger charge is -2.05. The third-order valence-electron chi connectivity index (χ3n) is 3.25. The Morgan fingerprint density at radius 3 is 3.00 bits per heavy atom. The number of benzene rings is 1. The van der Waals surface area contributed by atoms with Crippen LogP contribution in [-0.4, -0.2) is 36.7 Å². The molecule has 0 atom stereocenters. The molecule has 3 rings (SSSR count). The number of carbonyl (C=O) groups excluding carboxylic acids is 1. The molecule has 19 heavy (non-hydrogen) atoms. The Bertz CT molecular complexity index is 685. The maximum atomic E-state index is 11.9. The number of carbonyl (C=O) groups is 1. The number of hydrogen-bond acceptors (Lipinski definition) is 4. The van der Waals surface area contributed by atoms with Crippen LogP contribution in [0.3, 0.4) is 0 Å². The fourth-order valence-corrected chi connectivity index (χ4v) is 2.34. The van der Waals surface area contributed by atoms with E-state index in [4.69, 9.17) is 4.74 Å². The second-order valence-electron chi connectivity index (χ2n) is 4.56. The number of ether oxygens (including phenoxy) is 1. The summed E-state index contributed by atoms with van der Waals surface area (Å²) in [5.74, 6) is 0.456. The molecule has 5 nitrogen and oxygen atoms in total. The topological polar surface area (TPSA) is 55.6 Å². The van der Waals surface area contributed by atoms with E-state index in [1.165, 1.54) is 7.11 Å². The maximum Gasteiger partial charge on any atom is 0.340 e. The van der Waals surface area contributed by atoms with Gasteiger partial charge in [-0.1, -0.05) is 11.6 Å². The van der Waals surface area contributed by atoms with E-state index >= 15 is 0 Å². The molecular weight excluding hydrogens is 242 g/mol. The van der Waals surface area contributed by atoms with Gasteiger partial charge in [0.1, 0.15) is 0 Å². The van der Waals surface area contributed by atoms with Gasteiger partial charge >= 0.3 is 5.97 Å². The summed E-state index contributed by atoms with van der Waals surface area (Å²) in [4.78, 5) is 16.3. The van der Waals surface area contributed by atoms with E-state index in [2.05, 4.69) is 10.3 Å². The first-order valence-corrected chi connectivity index (χ1v) is 6.19. The van der Waals surface area contributed by atoms with Crippen molar-refractivity contribution in [2.75, 3.05) is 20.2 Å². The normalized spacial score (nSPS) is 14.3. The third-order valence-corrected chi connectivity index (χ3v) is 3.25. The molecule has 0 saturated heterocycles. The summed E-state index contributed by atoms with van der Waals surface area (Å²) in [5, 5.41) is 4.10. The highest BCUT2D eigenvalue weighted by atomic mass is 16.5. The number of methoxy groups -OCH3 is 1. The average Bonchev–Trinajstić information content (AvgIpc) is 3.03. The number of nitrogens with one attached hydrogen (secondary N) is 1. The highest BCUT2D eigenvalue weighted by Gasteiger charge is 2.19. The Labute approximate surface area is 110 Å². The Hall–Kier alpha value is -2.30. The zero-order chi connectivity index (χ0) is 13.4. The van der Waals surface area contributed by atoms with Crippen LogP contribution in [-0.2, 0) is 4.74 Å². The van der Waals surface area contributed by atoms with Crippen LogP contribution in [0.2, 0.25) is 0 Å². The Balaban J connectivity index is 2.26. The molecule has 5 heteroatoms.